The molecule has 1 fully saturated rings. The molecular weight excluding hydrogens is 377 g/mol. The molecule has 1 aliphatic rings. The van der Waals surface area contributed by atoms with Crippen molar-refractivity contribution in [2.45, 2.75) is 37.8 Å². The Kier molecular flexibility index (Phi) is 6.89. The molecular formula is C21H24FN3O4. The van der Waals surface area contributed by atoms with E-state index < -0.39 is 6.09 Å². The number of ether oxygens (including phenoxy) is 2. The van der Waals surface area contributed by atoms with E-state index >= 15 is 0 Å². The van der Waals surface area contributed by atoms with Crippen molar-refractivity contribution in [2.75, 3.05) is 17.7 Å². The molecule has 154 valence electrons. The van der Waals surface area contributed by atoms with E-state index in [9.17, 15) is 14.0 Å². The number of halogens is 1. The van der Waals surface area contributed by atoms with Gasteiger partial charge in [0, 0.05) is 18.2 Å². The lowest BCUT2D eigenvalue weighted by molar-refractivity contribution is 0.0779. The first-order valence-corrected chi connectivity index (χ1v) is 9.47. The molecule has 2 aromatic carbocycles. The number of anilines is 2. The molecule has 3 N–H and O–H groups in total. The minimum absolute atomic E-state index is 0.109. The zero-order valence-electron chi connectivity index (χ0n) is 16.1. The second-order valence-electron chi connectivity index (χ2n) is 6.82. The second kappa shape index (κ2) is 9.77. The summed E-state index contributed by atoms with van der Waals surface area (Å²) >= 11 is 0. The Labute approximate surface area is 168 Å². The second-order valence-corrected chi connectivity index (χ2v) is 6.82. The van der Waals surface area contributed by atoms with E-state index in [1.807, 2.05) is 12.1 Å². The van der Waals surface area contributed by atoms with Crippen LogP contribution in [-0.4, -0.2) is 31.4 Å². The Hall–Kier alpha value is -3.29. The maximum absolute atomic E-state index is 12.9. The highest BCUT2D eigenvalue weighted by molar-refractivity contribution is 5.91. The van der Waals surface area contributed by atoms with Gasteiger partial charge in [0.1, 0.15) is 17.7 Å². The molecule has 0 aromatic heterocycles. The average molecular weight is 401 g/mol. The quantitative estimate of drug-likeness (QED) is 0.687. The molecule has 0 bridgehead atoms. The summed E-state index contributed by atoms with van der Waals surface area (Å²) in [6, 6.07) is 12.1. The van der Waals surface area contributed by atoms with Gasteiger partial charge in [-0.1, -0.05) is 12.1 Å². The first-order chi connectivity index (χ1) is 14.0. The minimum atomic E-state index is -0.597. The van der Waals surface area contributed by atoms with Crippen molar-refractivity contribution in [3.63, 3.8) is 0 Å². The van der Waals surface area contributed by atoms with Crippen LogP contribution in [0.3, 0.4) is 0 Å². The van der Waals surface area contributed by atoms with Crippen molar-refractivity contribution >= 4 is 23.5 Å². The molecule has 3 amide bonds. The van der Waals surface area contributed by atoms with E-state index in [1.165, 1.54) is 24.3 Å². The van der Waals surface area contributed by atoms with Gasteiger partial charge in [-0.25, -0.2) is 14.0 Å². The molecule has 0 radical (unpaired) electrons. The zero-order valence-corrected chi connectivity index (χ0v) is 16.1. The van der Waals surface area contributed by atoms with Crippen molar-refractivity contribution in [3.8, 4) is 5.75 Å². The Morgan fingerprint density at radius 2 is 1.79 bits per heavy atom. The molecule has 8 heteroatoms. The number of benzene rings is 2. The summed E-state index contributed by atoms with van der Waals surface area (Å²) in [5, 5.41) is 8.27. The summed E-state index contributed by atoms with van der Waals surface area (Å²) in [5.74, 6) is 0.196. The largest absolute Gasteiger partial charge is 0.495 e. The van der Waals surface area contributed by atoms with E-state index in [1.54, 1.807) is 19.2 Å². The van der Waals surface area contributed by atoms with Crippen LogP contribution in [0.1, 0.15) is 25.7 Å². The molecule has 2 atom stereocenters. The molecule has 29 heavy (non-hydrogen) atoms. The predicted molar refractivity (Wildman–Crippen MR) is 108 cm³/mol. The van der Waals surface area contributed by atoms with Crippen LogP contribution in [0.2, 0.25) is 0 Å². The fraction of sp³-hybridized carbons (Fsp3) is 0.333. The van der Waals surface area contributed by atoms with Crippen LogP contribution >= 0.6 is 0 Å². The number of rotatable bonds is 5. The monoisotopic (exact) mass is 401 g/mol. The fourth-order valence-electron chi connectivity index (χ4n) is 3.31. The number of hydrogen-bond acceptors (Lipinski definition) is 4. The minimum Gasteiger partial charge on any atom is -0.495 e. The Bertz CT molecular complexity index is 844. The number of amides is 3. The van der Waals surface area contributed by atoms with Gasteiger partial charge in [0.2, 0.25) is 0 Å². The van der Waals surface area contributed by atoms with Gasteiger partial charge in [-0.15, -0.1) is 0 Å². The number of urea groups is 1. The smallest absolute Gasteiger partial charge is 0.411 e. The lowest BCUT2D eigenvalue weighted by Gasteiger charge is -2.29. The number of carbonyl (C=O) groups is 2. The zero-order chi connectivity index (χ0) is 20.6. The van der Waals surface area contributed by atoms with Crippen LogP contribution in [0.5, 0.6) is 5.75 Å². The summed E-state index contributed by atoms with van der Waals surface area (Å²) in [4.78, 5) is 24.4. The van der Waals surface area contributed by atoms with E-state index in [4.69, 9.17) is 9.47 Å². The summed E-state index contributed by atoms with van der Waals surface area (Å²) < 4.78 is 23.6. The van der Waals surface area contributed by atoms with Crippen LogP contribution in [0, 0.1) is 5.82 Å². The van der Waals surface area contributed by atoms with Gasteiger partial charge in [-0.05, 0) is 55.7 Å². The van der Waals surface area contributed by atoms with Crippen LogP contribution in [0.4, 0.5) is 25.4 Å². The van der Waals surface area contributed by atoms with Gasteiger partial charge >= 0.3 is 12.1 Å². The maximum Gasteiger partial charge on any atom is 0.411 e. The van der Waals surface area contributed by atoms with Crippen molar-refractivity contribution in [3.05, 3.63) is 54.3 Å². The highest BCUT2D eigenvalue weighted by Crippen LogP contribution is 2.24. The van der Waals surface area contributed by atoms with Gasteiger partial charge in [0.15, 0.2) is 0 Å². The number of para-hydroxylation sites is 2. The Morgan fingerprint density at radius 3 is 2.55 bits per heavy atom. The molecule has 0 aliphatic heterocycles. The van der Waals surface area contributed by atoms with Crippen molar-refractivity contribution in [2.24, 2.45) is 0 Å². The van der Waals surface area contributed by atoms with Gasteiger partial charge in [0.25, 0.3) is 0 Å². The highest BCUT2D eigenvalue weighted by Gasteiger charge is 2.26. The molecule has 0 heterocycles. The molecule has 7 nitrogen and oxygen atoms in total. The van der Waals surface area contributed by atoms with E-state index in [0.717, 1.165) is 19.3 Å². The molecule has 0 saturated heterocycles. The van der Waals surface area contributed by atoms with Crippen molar-refractivity contribution in [1.29, 1.82) is 0 Å². The third kappa shape index (κ3) is 6.10. The summed E-state index contributed by atoms with van der Waals surface area (Å²) in [6.45, 7) is 0. The highest BCUT2D eigenvalue weighted by atomic mass is 19.1. The topological polar surface area (TPSA) is 88.7 Å². The van der Waals surface area contributed by atoms with Gasteiger partial charge in [0.05, 0.1) is 12.8 Å². The number of hydrogen-bond donors (Lipinski definition) is 3. The first kappa shape index (κ1) is 20.4. The molecule has 2 aromatic rings. The van der Waals surface area contributed by atoms with Crippen LogP contribution in [-0.2, 0) is 4.74 Å². The SMILES string of the molecule is COc1ccccc1NC(=O)N[C@H]1CCC[C@H](OC(=O)Nc2ccc(F)cc2)C1. The standard InChI is InChI=1S/C21H24FN3O4/c1-28-19-8-3-2-7-18(19)25-20(26)23-16-5-4-6-17(13-16)29-21(27)24-15-11-9-14(22)10-12-15/h2-3,7-12,16-17H,4-6,13H2,1H3,(H,24,27)(H2,23,25,26)/t16-,17-/m0/s1. The normalized spacial score (nSPS) is 18.4. The Balaban J connectivity index is 1.47. The predicted octanol–water partition coefficient (Wildman–Crippen LogP) is 4.52. The number of carbonyl (C=O) groups excluding carboxylic acids is 2. The maximum atomic E-state index is 12.9. The molecule has 1 saturated carbocycles. The Morgan fingerprint density at radius 1 is 1.03 bits per heavy atom. The van der Waals surface area contributed by atoms with Crippen molar-refractivity contribution in [1.82, 2.24) is 5.32 Å². The van der Waals surface area contributed by atoms with Crippen LogP contribution < -0.4 is 20.7 Å². The van der Waals surface area contributed by atoms with E-state index in [2.05, 4.69) is 16.0 Å². The summed E-state index contributed by atoms with van der Waals surface area (Å²) in [7, 11) is 1.54. The van der Waals surface area contributed by atoms with Gasteiger partial charge in [-0.2, -0.15) is 0 Å². The average Bonchev–Trinajstić information content (AvgIpc) is 2.70. The summed E-state index contributed by atoms with van der Waals surface area (Å²) in [5.41, 5.74) is 1.04. The molecule has 0 spiro atoms. The van der Waals surface area contributed by atoms with Crippen LogP contribution in [0.15, 0.2) is 48.5 Å². The lowest BCUT2D eigenvalue weighted by Crippen LogP contribution is -2.43. The third-order valence-corrected chi connectivity index (χ3v) is 4.68. The number of nitrogens with one attached hydrogen (secondary N) is 3. The van der Waals surface area contributed by atoms with E-state index in [0.29, 0.717) is 23.5 Å². The third-order valence-electron chi connectivity index (χ3n) is 4.68. The lowest BCUT2D eigenvalue weighted by atomic mass is 9.93. The molecule has 0 unspecified atom stereocenters. The van der Waals surface area contributed by atoms with E-state index in [-0.39, 0.29) is 24.0 Å². The van der Waals surface area contributed by atoms with Crippen LogP contribution in [0.25, 0.3) is 0 Å². The fourth-order valence-corrected chi connectivity index (χ4v) is 3.31. The molecule has 1 aliphatic carbocycles. The summed E-state index contributed by atoms with van der Waals surface area (Å²) in [6.07, 6.45) is 1.98. The molecule has 3 rings (SSSR count). The van der Waals surface area contributed by atoms with Gasteiger partial charge < -0.3 is 20.1 Å². The number of methoxy groups -OCH3 is 1. The first-order valence-electron chi connectivity index (χ1n) is 9.47. The van der Waals surface area contributed by atoms with Crippen molar-refractivity contribution < 1.29 is 23.5 Å². The van der Waals surface area contributed by atoms with Gasteiger partial charge in [-0.3, -0.25) is 5.32 Å².